The molecule has 3 heteroatoms. The van der Waals surface area contributed by atoms with E-state index in [-0.39, 0.29) is 0 Å². The van der Waals surface area contributed by atoms with Gasteiger partial charge in [0.1, 0.15) is 5.25 Å². The van der Waals surface area contributed by atoms with Gasteiger partial charge in [0.25, 0.3) is 0 Å². The Morgan fingerprint density at radius 2 is 1.75 bits per heavy atom. The van der Waals surface area contributed by atoms with Crippen LogP contribution in [0.4, 0.5) is 0 Å². The zero-order valence-electron chi connectivity index (χ0n) is 11.7. The summed E-state index contributed by atoms with van der Waals surface area (Å²) in [5.74, 6) is -0.765. The van der Waals surface area contributed by atoms with Gasteiger partial charge in [-0.2, -0.15) is 0 Å². The van der Waals surface area contributed by atoms with E-state index in [2.05, 4.69) is 0 Å². The molecule has 0 aliphatic heterocycles. The number of aliphatic carboxylic acids is 1. The summed E-state index contributed by atoms with van der Waals surface area (Å²) in [4.78, 5) is 12.5. The lowest BCUT2D eigenvalue weighted by Gasteiger charge is -2.14. The van der Waals surface area contributed by atoms with E-state index in [1.165, 1.54) is 17.3 Å². The molecule has 2 nitrogen and oxygen atoms in total. The molecule has 0 heterocycles. The highest BCUT2D eigenvalue weighted by Crippen LogP contribution is 2.27. The Hall–Kier alpha value is -1.74. The summed E-state index contributed by atoms with van der Waals surface area (Å²) in [5.41, 5.74) is 3.42. The second-order valence-corrected chi connectivity index (χ2v) is 6.16. The molecule has 0 saturated heterocycles. The van der Waals surface area contributed by atoms with Crippen LogP contribution in [-0.2, 0) is 11.2 Å². The van der Waals surface area contributed by atoms with Crippen LogP contribution in [0.3, 0.4) is 0 Å². The van der Waals surface area contributed by atoms with E-state index in [1.54, 1.807) is 0 Å². The second kappa shape index (κ2) is 6.62. The van der Waals surface area contributed by atoms with E-state index in [0.717, 1.165) is 16.0 Å². The fraction of sp³-hybridized carbons (Fsp3) is 0.235. The summed E-state index contributed by atoms with van der Waals surface area (Å²) in [6, 6.07) is 15.9. The van der Waals surface area contributed by atoms with Gasteiger partial charge in [-0.3, -0.25) is 4.79 Å². The fourth-order valence-electron chi connectivity index (χ4n) is 2.00. The van der Waals surface area contributed by atoms with Crippen LogP contribution < -0.4 is 0 Å². The maximum atomic E-state index is 11.5. The quantitative estimate of drug-likeness (QED) is 0.841. The molecular formula is C17H18O2S. The normalized spacial score (nSPS) is 12.1. The third kappa shape index (κ3) is 3.87. The predicted octanol–water partition coefficient (Wildman–Crippen LogP) is 4.09. The van der Waals surface area contributed by atoms with E-state index in [1.807, 2.05) is 62.4 Å². The molecule has 0 radical (unpaired) electrons. The van der Waals surface area contributed by atoms with E-state index in [0.29, 0.717) is 6.42 Å². The smallest absolute Gasteiger partial charge is 0.317 e. The maximum Gasteiger partial charge on any atom is 0.317 e. The highest BCUT2D eigenvalue weighted by Gasteiger charge is 2.20. The van der Waals surface area contributed by atoms with Gasteiger partial charge in [-0.15, -0.1) is 11.8 Å². The Labute approximate surface area is 123 Å². The number of benzene rings is 2. The lowest BCUT2D eigenvalue weighted by Crippen LogP contribution is -2.19. The number of carboxylic acid groups (broad SMARTS) is 1. The lowest BCUT2D eigenvalue weighted by molar-refractivity contribution is -0.136. The first-order valence-electron chi connectivity index (χ1n) is 6.57. The van der Waals surface area contributed by atoms with Crippen LogP contribution in [0.2, 0.25) is 0 Å². The molecular weight excluding hydrogens is 268 g/mol. The van der Waals surface area contributed by atoms with Crippen LogP contribution in [0.5, 0.6) is 0 Å². The van der Waals surface area contributed by atoms with Gasteiger partial charge in [-0.25, -0.2) is 0 Å². The van der Waals surface area contributed by atoms with Crippen molar-refractivity contribution >= 4 is 17.7 Å². The zero-order valence-corrected chi connectivity index (χ0v) is 12.5. The number of aryl methyl sites for hydroxylation is 2. The largest absolute Gasteiger partial charge is 0.480 e. The van der Waals surface area contributed by atoms with Crippen molar-refractivity contribution in [2.75, 3.05) is 0 Å². The molecule has 0 aliphatic carbocycles. The van der Waals surface area contributed by atoms with Gasteiger partial charge in [0, 0.05) is 4.90 Å². The van der Waals surface area contributed by atoms with Gasteiger partial charge >= 0.3 is 5.97 Å². The third-order valence-electron chi connectivity index (χ3n) is 3.24. The number of hydrogen-bond acceptors (Lipinski definition) is 2. The molecule has 1 atom stereocenters. The van der Waals surface area contributed by atoms with Gasteiger partial charge in [0.05, 0.1) is 0 Å². The number of rotatable bonds is 5. The summed E-state index contributed by atoms with van der Waals surface area (Å²) < 4.78 is 0. The van der Waals surface area contributed by atoms with Gasteiger partial charge < -0.3 is 5.11 Å². The zero-order chi connectivity index (χ0) is 14.5. The van der Waals surface area contributed by atoms with Gasteiger partial charge in [0.15, 0.2) is 0 Å². The molecule has 0 aromatic heterocycles. The van der Waals surface area contributed by atoms with E-state index < -0.39 is 11.2 Å². The first-order valence-corrected chi connectivity index (χ1v) is 7.45. The number of carbonyl (C=O) groups is 1. The van der Waals surface area contributed by atoms with Crippen LogP contribution >= 0.6 is 11.8 Å². The fourth-order valence-corrected chi connectivity index (χ4v) is 2.98. The number of hydrogen-bond donors (Lipinski definition) is 1. The van der Waals surface area contributed by atoms with Crippen molar-refractivity contribution in [3.8, 4) is 0 Å². The monoisotopic (exact) mass is 286 g/mol. The summed E-state index contributed by atoms with van der Waals surface area (Å²) >= 11 is 1.41. The second-order valence-electron chi connectivity index (χ2n) is 4.89. The van der Waals surface area contributed by atoms with E-state index in [4.69, 9.17) is 0 Å². The average molecular weight is 286 g/mol. The molecule has 20 heavy (non-hydrogen) atoms. The minimum Gasteiger partial charge on any atom is -0.480 e. The van der Waals surface area contributed by atoms with Crippen LogP contribution in [0.1, 0.15) is 16.7 Å². The van der Waals surface area contributed by atoms with Crippen LogP contribution in [-0.4, -0.2) is 16.3 Å². The Balaban J connectivity index is 2.14. The van der Waals surface area contributed by atoms with Gasteiger partial charge in [0.2, 0.25) is 0 Å². The first kappa shape index (κ1) is 14.7. The standard InChI is InChI=1S/C17H18O2S/c1-12-7-9-15(10-8-12)20-16(17(18)19)11-14-6-4-3-5-13(14)2/h3-10,16H,11H2,1-2H3,(H,18,19)/t16-/m0/s1. The summed E-state index contributed by atoms with van der Waals surface area (Å²) in [5, 5.41) is 8.96. The SMILES string of the molecule is Cc1ccc(S[C@@H](Cc2ccccc2C)C(=O)O)cc1. The van der Waals surface area contributed by atoms with Crippen molar-refractivity contribution < 1.29 is 9.90 Å². The summed E-state index contributed by atoms with van der Waals surface area (Å²) in [6.45, 7) is 4.04. The Morgan fingerprint density at radius 1 is 1.10 bits per heavy atom. The van der Waals surface area contributed by atoms with Crippen LogP contribution in [0.25, 0.3) is 0 Å². The average Bonchev–Trinajstić information content (AvgIpc) is 2.42. The minimum atomic E-state index is -0.765. The molecule has 2 aromatic carbocycles. The Bertz CT molecular complexity index is 590. The lowest BCUT2D eigenvalue weighted by atomic mass is 10.0. The molecule has 0 spiro atoms. The van der Waals surface area contributed by atoms with Crippen molar-refractivity contribution in [2.45, 2.75) is 30.4 Å². The molecule has 0 amide bonds. The molecule has 0 saturated carbocycles. The molecule has 0 bridgehead atoms. The van der Waals surface area contributed by atoms with Crippen molar-refractivity contribution in [2.24, 2.45) is 0 Å². The third-order valence-corrected chi connectivity index (χ3v) is 4.44. The molecule has 2 aromatic rings. The Morgan fingerprint density at radius 3 is 2.35 bits per heavy atom. The predicted molar refractivity (Wildman–Crippen MR) is 83.3 cm³/mol. The van der Waals surface area contributed by atoms with Crippen molar-refractivity contribution in [3.05, 3.63) is 65.2 Å². The maximum absolute atomic E-state index is 11.5. The molecule has 0 aliphatic rings. The van der Waals surface area contributed by atoms with Crippen LogP contribution in [0, 0.1) is 13.8 Å². The summed E-state index contributed by atoms with van der Waals surface area (Å²) in [6.07, 6.45) is 0.542. The molecule has 2 rings (SSSR count). The highest BCUT2D eigenvalue weighted by molar-refractivity contribution is 8.00. The molecule has 1 N–H and O–H groups in total. The van der Waals surface area contributed by atoms with Crippen molar-refractivity contribution in [1.29, 1.82) is 0 Å². The van der Waals surface area contributed by atoms with Crippen LogP contribution in [0.15, 0.2) is 53.4 Å². The Kier molecular flexibility index (Phi) is 4.85. The van der Waals surface area contributed by atoms with E-state index in [9.17, 15) is 9.90 Å². The van der Waals surface area contributed by atoms with E-state index >= 15 is 0 Å². The molecule has 104 valence electrons. The summed E-state index contributed by atoms with van der Waals surface area (Å²) in [7, 11) is 0. The van der Waals surface area contributed by atoms with Gasteiger partial charge in [-0.1, -0.05) is 42.0 Å². The number of thioether (sulfide) groups is 1. The van der Waals surface area contributed by atoms with Gasteiger partial charge in [-0.05, 0) is 43.5 Å². The molecule has 0 unspecified atom stereocenters. The highest BCUT2D eigenvalue weighted by atomic mass is 32.2. The number of carboxylic acids is 1. The molecule has 0 fully saturated rings. The topological polar surface area (TPSA) is 37.3 Å². The first-order chi connectivity index (χ1) is 9.56. The van der Waals surface area contributed by atoms with Crippen molar-refractivity contribution in [3.63, 3.8) is 0 Å². The minimum absolute atomic E-state index is 0.459. The van der Waals surface area contributed by atoms with Crippen molar-refractivity contribution in [1.82, 2.24) is 0 Å².